The maximum Gasteiger partial charge on any atom is 1.00 e. The van der Waals surface area contributed by atoms with Crippen LogP contribution in [-0.2, 0) is 10.1 Å². The number of hydrogen-bond donors (Lipinski definition) is 1. The van der Waals surface area contributed by atoms with Crippen molar-refractivity contribution in [1.82, 2.24) is 0 Å². The van der Waals surface area contributed by atoms with Crippen LogP contribution in [0.15, 0.2) is 26.8 Å². The molecule has 0 saturated heterocycles. The number of furan rings is 1. The Bertz CT molecular complexity index is 395. The van der Waals surface area contributed by atoms with E-state index < -0.39 is 15.2 Å². The van der Waals surface area contributed by atoms with Crippen molar-refractivity contribution in [2.24, 2.45) is 5.16 Å². The molecule has 0 unspecified atom stereocenters. The van der Waals surface area contributed by atoms with Gasteiger partial charge in [0.1, 0.15) is 12.0 Å². The van der Waals surface area contributed by atoms with Crippen molar-refractivity contribution in [2.75, 3.05) is 0 Å². The second kappa shape index (κ2) is 4.77. The topological polar surface area (TPSA) is 103 Å². The summed E-state index contributed by atoms with van der Waals surface area (Å²) in [5.74, 6) is -0.00748. The Morgan fingerprint density at radius 1 is 1.54 bits per heavy atom. The van der Waals surface area contributed by atoms with Gasteiger partial charge in [0.15, 0.2) is 10.1 Å². The molecule has 1 rings (SSSR count). The average Bonchev–Trinajstić information content (AvgIpc) is 2.35. The Morgan fingerprint density at radius 3 is 2.54 bits per heavy atom. The van der Waals surface area contributed by atoms with Crippen LogP contribution >= 0.6 is 0 Å². The summed E-state index contributed by atoms with van der Waals surface area (Å²) >= 11 is 0. The van der Waals surface area contributed by atoms with E-state index in [1.165, 1.54) is 6.07 Å². The largest absolute Gasteiger partial charge is 1.00 e. The summed E-state index contributed by atoms with van der Waals surface area (Å²) in [6.07, 6.45) is 0.870. The van der Waals surface area contributed by atoms with E-state index >= 15 is 0 Å². The Labute approximate surface area is 96.3 Å². The van der Waals surface area contributed by atoms with Crippen molar-refractivity contribution in [1.29, 1.82) is 0 Å². The van der Waals surface area contributed by atoms with Crippen LogP contribution in [0.3, 0.4) is 0 Å². The molecule has 0 aliphatic carbocycles. The second-order valence-electron chi connectivity index (χ2n) is 1.86. The van der Waals surface area contributed by atoms with Crippen molar-refractivity contribution in [2.45, 2.75) is 5.09 Å². The van der Waals surface area contributed by atoms with Crippen LogP contribution in [0.2, 0.25) is 0 Å². The van der Waals surface area contributed by atoms with Crippen molar-refractivity contribution < 1.29 is 52.2 Å². The van der Waals surface area contributed by atoms with Crippen LogP contribution in [-0.4, -0.2) is 24.4 Å². The third-order valence-corrected chi connectivity index (χ3v) is 1.75. The van der Waals surface area contributed by atoms with Crippen LogP contribution in [0.5, 0.6) is 0 Å². The molecule has 0 atom stereocenters. The average molecular weight is 213 g/mol. The van der Waals surface area contributed by atoms with Gasteiger partial charge in [-0.2, -0.15) is 0 Å². The molecule has 66 valence electrons. The molecular weight excluding hydrogens is 209 g/mol. The van der Waals surface area contributed by atoms with Crippen LogP contribution in [0, 0.1) is 0 Å². The molecule has 0 bridgehead atoms. The van der Waals surface area contributed by atoms with Crippen LogP contribution in [0.4, 0.5) is 0 Å². The van der Waals surface area contributed by atoms with E-state index in [0.717, 1.165) is 12.3 Å². The number of hydrogen-bond acceptors (Lipinski definition) is 6. The molecule has 0 amide bonds. The molecule has 1 aromatic heterocycles. The fourth-order valence-electron chi connectivity index (χ4n) is 0.595. The van der Waals surface area contributed by atoms with Gasteiger partial charge in [0.2, 0.25) is 5.09 Å². The molecule has 6 nitrogen and oxygen atoms in total. The van der Waals surface area contributed by atoms with Gasteiger partial charge in [-0.3, -0.25) is 0 Å². The van der Waals surface area contributed by atoms with E-state index in [4.69, 9.17) is 5.21 Å². The number of nitrogens with zero attached hydrogens (tertiary/aromatic N) is 1. The van der Waals surface area contributed by atoms with E-state index in [1.54, 1.807) is 0 Å². The molecule has 0 aromatic carbocycles. The van der Waals surface area contributed by atoms with Gasteiger partial charge < -0.3 is 14.2 Å². The minimum atomic E-state index is -4.56. The summed E-state index contributed by atoms with van der Waals surface area (Å²) in [6, 6.07) is 2.18. The molecule has 1 heterocycles. The van der Waals surface area contributed by atoms with Crippen molar-refractivity contribution >= 4 is 16.3 Å². The quantitative estimate of drug-likeness (QED) is 0.185. The predicted molar refractivity (Wildman–Crippen MR) is 36.1 cm³/mol. The number of rotatable bonds is 2. The molecular formula is C5H4NNaO5S. The summed E-state index contributed by atoms with van der Waals surface area (Å²) in [4.78, 5) is 0. The molecule has 0 spiro atoms. The van der Waals surface area contributed by atoms with Gasteiger partial charge in [-0.25, -0.2) is 8.42 Å². The standard InChI is InChI=1S/C5H5NO5S.Na/c7-6-3-4-1-2-5(11-4)12(8,9)10;/h1-3,7H,(H,8,9,10);/q;+1/p-1. The maximum absolute atomic E-state index is 10.3. The number of oxime groups is 1. The molecule has 0 aliphatic heterocycles. The first-order chi connectivity index (χ1) is 5.54. The normalized spacial score (nSPS) is 11.5. The molecule has 0 aliphatic rings. The van der Waals surface area contributed by atoms with Gasteiger partial charge in [-0.05, 0) is 12.1 Å². The Kier molecular flexibility index (Phi) is 4.65. The summed E-state index contributed by atoms with van der Waals surface area (Å²) < 4.78 is 35.4. The summed E-state index contributed by atoms with van der Waals surface area (Å²) in [5.41, 5.74) is 0. The van der Waals surface area contributed by atoms with E-state index in [0.29, 0.717) is 0 Å². The first-order valence-corrected chi connectivity index (χ1v) is 4.18. The smallest absolute Gasteiger partial charge is 0.742 e. The van der Waals surface area contributed by atoms with E-state index in [-0.39, 0.29) is 35.3 Å². The molecule has 0 radical (unpaired) electrons. The second-order valence-corrected chi connectivity index (χ2v) is 3.17. The zero-order valence-electron chi connectivity index (χ0n) is 6.67. The van der Waals surface area contributed by atoms with Gasteiger partial charge in [-0.15, -0.1) is 0 Å². The third kappa shape index (κ3) is 3.49. The maximum atomic E-state index is 10.3. The Morgan fingerprint density at radius 2 is 2.15 bits per heavy atom. The van der Waals surface area contributed by atoms with Crippen LogP contribution in [0.1, 0.15) is 5.76 Å². The zero-order valence-corrected chi connectivity index (χ0v) is 9.48. The molecule has 0 saturated carbocycles. The third-order valence-electron chi connectivity index (χ3n) is 1.03. The molecule has 13 heavy (non-hydrogen) atoms. The van der Waals surface area contributed by atoms with E-state index in [1.807, 2.05) is 0 Å². The van der Waals surface area contributed by atoms with E-state index in [9.17, 15) is 13.0 Å². The van der Waals surface area contributed by atoms with Gasteiger partial charge in [0.25, 0.3) is 0 Å². The minimum absolute atomic E-state index is 0. The van der Waals surface area contributed by atoms with Crippen molar-refractivity contribution in [3.05, 3.63) is 17.9 Å². The molecule has 8 heteroatoms. The van der Waals surface area contributed by atoms with Gasteiger partial charge in [0.05, 0.1) is 0 Å². The fourth-order valence-corrected chi connectivity index (χ4v) is 1.03. The first-order valence-electron chi connectivity index (χ1n) is 2.77. The minimum Gasteiger partial charge on any atom is -0.742 e. The van der Waals surface area contributed by atoms with Crippen molar-refractivity contribution in [3.8, 4) is 0 Å². The Balaban J connectivity index is 0.00000144. The summed E-state index contributed by atoms with van der Waals surface area (Å²) in [6.45, 7) is 0. The summed E-state index contributed by atoms with van der Waals surface area (Å²) in [5, 5.41) is 9.90. The zero-order chi connectivity index (χ0) is 9.19. The molecule has 1 N–H and O–H groups in total. The van der Waals surface area contributed by atoms with Crippen LogP contribution < -0.4 is 29.6 Å². The van der Waals surface area contributed by atoms with Gasteiger partial charge in [-0.1, -0.05) is 5.16 Å². The SMILES string of the molecule is O=S(=O)([O-])c1ccc(C=NO)o1.[Na+]. The van der Waals surface area contributed by atoms with Crippen molar-refractivity contribution in [3.63, 3.8) is 0 Å². The fraction of sp³-hybridized carbons (Fsp3) is 0. The van der Waals surface area contributed by atoms with E-state index in [2.05, 4.69) is 9.57 Å². The van der Waals surface area contributed by atoms with Crippen LogP contribution in [0.25, 0.3) is 0 Å². The molecule has 1 aromatic rings. The van der Waals surface area contributed by atoms with Gasteiger partial charge in [0, 0.05) is 0 Å². The Hall–Kier alpha value is -0.340. The predicted octanol–water partition coefficient (Wildman–Crippen LogP) is -3.00. The molecule has 0 fully saturated rings. The monoisotopic (exact) mass is 213 g/mol. The van der Waals surface area contributed by atoms with Gasteiger partial charge >= 0.3 is 29.6 Å². The first kappa shape index (κ1) is 12.7. The summed E-state index contributed by atoms with van der Waals surface area (Å²) in [7, 11) is -4.56.